The fraction of sp³-hybridized carbons (Fsp3) is 0.318. The van der Waals surface area contributed by atoms with Gasteiger partial charge in [-0.25, -0.2) is 0 Å². The molecule has 1 aliphatic rings. The Morgan fingerprint density at radius 2 is 2.14 bits per heavy atom. The lowest BCUT2D eigenvalue weighted by Gasteiger charge is -2.36. The number of hydrogen-bond donors (Lipinski definition) is 2. The molecule has 7 heteroatoms. The lowest BCUT2D eigenvalue weighted by atomic mass is 9.78. The molecular formula is C22H22ClN5O. The standard InChI is InChI=1S/C22H22ClN5O/c1-12-3-20-16(7-14(12)8-24)18(17-9-27-10-19(25)22(17)23)11-28(20)15-4-13(5-15)6-21(29)26-2/h3,7,9-11,13,15H,4-6,25H2,1-2H3,(H,26,29). The van der Waals surface area contributed by atoms with Crippen molar-refractivity contribution < 1.29 is 4.79 Å². The number of halogens is 1. The topological polar surface area (TPSA) is 96.7 Å². The van der Waals surface area contributed by atoms with Crippen molar-refractivity contribution in [1.82, 2.24) is 14.9 Å². The second-order valence-electron chi connectivity index (χ2n) is 7.70. The Bertz CT molecular complexity index is 1150. The van der Waals surface area contributed by atoms with E-state index in [0.717, 1.165) is 40.4 Å². The van der Waals surface area contributed by atoms with Crippen LogP contribution in [0, 0.1) is 24.2 Å². The zero-order chi connectivity index (χ0) is 20.7. The average Bonchev–Trinajstić information content (AvgIpc) is 3.03. The number of nitrogens with one attached hydrogen (secondary N) is 1. The van der Waals surface area contributed by atoms with Crippen molar-refractivity contribution in [3.63, 3.8) is 0 Å². The van der Waals surface area contributed by atoms with E-state index in [1.54, 1.807) is 13.2 Å². The zero-order valence-electron chi connectivity index (χ0n) is 16.4. The molecule has 1 aromatic carbocycles. The third-order valence-corrected chi connectivity index (χ3v) is 6.28. The largest absolute Gasteiger partial charge is 0.396 e. The number of nitrogens with two attached hydrogens (primary N) is 1. The number of carbonyl (C=O) groups excluding carboxylic acids is 1. The molecule has 3 aromatic rings. The van der Waals surface area contributed by atoms with Crippen LogP contribution in [0.3, 0.4) is 0 Å². The van der Waals surface area contributed by atoms with E-state index >= 15 is 0 Å². The van der Waals surface area contributed by atoms with Crippen molar-refractivity contribution in [2.24, 2.45) is 5.92 Å². The van der Waals surface area contributed by atoms with Gasteiger partial charge in [-0.3, -0.25) is 9.78 Å². The number of hydrogen-bond acceptors (Lipinski definition) is 4. The first-order chi connectivity index (χ1) is 13.9. The molecule has 3 N–H and O–H groups in total. The van der Waals surface area contributed by atoms with E-state index in [2.05, 4.69) is 33.2 Å². The number of carbonyl (C=O) groups is 1. The van der Waals surface area contributed by atoms with Gasteiger partial charge >= 0.3 is 0 Å². The molecule has 2 aromatic heterocycles. The number of nitrogen functional groups attached to an aromatic ring is 1. The molecule has 0 saturated heterocycles. The molecule has 0 atom stereocenters. The van der Waals surface area contributed by atoms with Crippen molar-refractivity contribution in [3.05, 3.63) is 46.9 Å². The second kappa shape index (κ2) is 7.41. The minimum atomic E-state index is 0.0821. The van der Waals surface area contributed by atoms with Gasteiger partial charge in [-0.05, 0) is 43.4 Å². The lowest BCUT2D eigenvalue weighted by Crippen LogP contribution is -2.31. The molecule has 1 saturated carbocycles. The molecule has 2 heterocycles. The minimum absolute atomic E-state index is 0.0821. The van der Waals surface area contributed by atoms with Gasteiger partial charge < -0.3 is 15.6 Å². The van der Waals surface area contributed by atoms with Crippen molar-refractivity contribution in [1.29, 1.82) is 5.26 Å². The van der Waals surface area contributed by atoms with E-state index in [9.17, 15) is 10.1 Å². The Balaban J connectivity index is 1.80. The summed E-state index contributed by atoms with van der Waals surface area (Å²) in [6, 6.07) is 6.54. The number of benzene rings is 1. The molecule has 6 nitrogen and oxygen atoms in total. The summed E-state index contributed by atoms with van der Waals surface area (Å²) >= 11 is 6.48. The van der Waals surface area contributed by atoms with E-state index in [1.165, 1.54) is 6.20 Å². The molecule has 0 spiro atoms. The summed E-state index contributed by atoms with van der Waals surface area (Å²) in [5.74, 6) is 0.469. The molecule has 29 heavy (non-hydrogen) atoms. The smallest absolute Gasteiger partial charge is 0.220 e. The fourth-order valence-corrected chi connectivity index (χ4v) is 4.34. The summed E-state index contributed by atoms with van der Waals surface area (Å²) in [6.45, 7) is 1.94. The molecular weight excluding hydrogens is 386 g/mol. The number of nitriles is 1. The molecule has 1 fully saturated rings. The Morgan fingerprint density at radius 1 is 1.38 bits per heavy atom. The van der Waals surface area contributed by atoms with Crippen molar-refractivity contribution in [3.8, 4) is 17.2 Å². The van der Waals surface area contributed by atoms with Crippen LogP contribution in [0.5, 0.6) is 0 Å². The van der Waals surface area contributed by atoms with E-state index in [0.29, 0.717) is 34.7 Å². The highest BCUT2D eigenvalue weighted by Crippen LogP contribution is 2.45. The first-order valence-electron chi connectivity index (χ1n) is 9.58. The molecule has 1 aliphatic carbocycles. The van der Waals surface area contributed by atoms with Crippen molar-refractivity contribution >= 4 is 34.1 Å². The minimum Gasteiger partial charge on any atom is -0.396 e. The number of nitrogens with zero attached hydrogens (tertiary/aromatic N) is 3. The normalized spacial score (nSPS) is 18.3. The highest BCUT2D eigenvalue weighted by molar-refractivity contribution is 6.36. The maximum absolute atomic E-state index is 11.7. The van der Waals surface area contributed by atoms with Crippen LogP contribution in [0.15, 0.2) is 30.7 Å². The van der Waals surface area contributed by atoms with Crippen molar-refractivity contribution in [2.75, 3.05) is 12.8 Å². The van der Waals surface area contributed by atoms with Gasteiger partial charge in [0.25, 0.3) is 0 Å². The Morgan fingerprint density at radius 3 is 2.83 bits per heavy atom. The fourth-order valence-electron chi connectivity index (χ4n) is 4.14. The maximum Gasteiger partial charge on any atom is 0.220 e. The lowest BCUT2D eigenvalue weighted by molar-refractivity contribution is -0.122. The molecule has 0 radical (unpaired) electrons. The quantitative estimate of drug-likeness (QED) is 0.677. The maximum atomic E-state index is 11.7. The van der Waals surface area contributed by atoms with Gasteiger partial charge in [0, 0.05) is 53.9 Å². The van der Waals surface area contributed by atoms with Crippen LogP contribution in [-0.2, 0) is 4.79 Å². The van der Waals surface area contributed by atoms with Crippen LogP contribution < -0.4 is 11.1 Å². The third-order valence-electron chi connectivity index (χ3n) is 5.85. The number of anilines is 1. The van der Waals surface area contributed by atoms with Gasteiger partial charge in [-0.15, -0.1) is 0 Å². The van der Waals surface area contributed by atoms with Gasteiger partial charge in [-0.2, -0.15) is 5.26 Å². The van der Waals surface area contributed by atoms with Crippen LogP contribution in [0.25, 0.3) is 22.0 Å². The predicted molar refractivity (Wildman–Crippen MR) is 114 cm³/mol. The van der Waals surface area contributed by atoms with Gasteiger partial charge in [0.2, 0.25) is 5.91 Å². The third kappa shape index (κ3) is 3.32. The molecule has 148 valence electrons. The van der Waals surface area contributed by atoms with Gasteiger partial charge in [0.05, 0.1) is 28.5 Å². The van der Waals surface area contributed by atoms with Crippen LogP contribution in [-0.4, -0.2) is 22.5 Å². The summed E-state index contributed by atoms with van der Waals surface area (Å²) in [5.41, 5.74) is 10.7. The number of rotatable bonds is 4. The number of amides is 1. The van der Waals surface area contributed by atoms with Crippen LogP contribution >= 0.6 is 11.6 Å². The molecule has 0 aliphatic heterocycles. The Hall–Kier alpha value is -3.04. The highest BCUT2D eigenvalue weighted by Gasteiger charge is 2.33. The number of aryl methyl sites for hydroxylation is 1. The second-order valence-corrected chi connectivity index (χ2v) is 8.08. The number of fused-ring (bicyclic) bond motifs is 1. The summed E-state index contributed by atoms with van der Waals surface area (Å²) < 4.78 is 2.25. The van der Waals surface area contributed by atoms with E-state index in [4.69, 9.17) is 17.3 Å². The van der Waals surface area contributed by atoms with Crippen LogP contribution in [0.2, 0.25) is 5.02 Å². The summed E-state index contributed by atoms with van der Waals surface area (Å²) in [7, 11) is 1.67. The van der Waals surface area contributed by atoms with E-state index in [-0.39, 0.29) is 5.91 Å². The molecule has 0 unspecified atom stereocenters. The first-order valence-corrected chi connectivity index (χ1v) is 9.96. The predicted octanol–water partition coefficient (Wildman–Crippen LogP) is 4.21. The van der Waals surface area contributed by atoms with Gasteiger partial charge in [0.15, 0.2) is 0 Å². The number of aromatic nitrogens is 2. The zero-order valence-corrected chi connectivity index (χ0v) is 17.1. The average molecular weight is 408 g/mol. The summed E-state index contributed by atoms with van der Waals surface area (Å²) in [6.07, 6.45) is 7.76. The molecule has 0 bridgehead atoms. The van der Waals surface area contributed by atoms with E-state index in [1.807, 2.05) is 13.0 Å². The Kier molecular flexibility index (Phi) is 4.93. The van der Waals surface area contributed by atoms with Crippen LogP contribution in [0.4, 0.5) is 5.69 Å². The molecule has 4 rings (SSSR count). The monoisotopic (exact) mass is 407 g/mol. The number of pyridine rings is 1. The van der Waals surface area contributed by atoms with E-state index < -0.39 is 0 Å². The van der Waals surface area contributed by atoms with Gasteiger partial charge in [0.1, 0.15) is 0 Å². The van der Waals surface area contributed by atoms with Crippen LogP contribution in [0.1, 0.15) is 36.4 Å². The first kappa shape index (κ1) is 19.3. The van der Waals surface area contributed by atoms with Gasteiger partial charge in [-0.1, -0.05) is 11.6 Å². The SMILES string of the molecule is CNC(=O)CC1CC(n2cc(-c3cncc(N)c3Cl)c3cc(C#N)c(C)cc32)C1. The van der Waals surface area contributed by atoms with Crippen molar-refractivity contribution in [2.45, 2.75) is 32.2 Å². The summed E-state index contributed by atoms with van der Waals surface area (Å²) in [4.78, 5) is 15.9. The molecule has 1 amide bonds. The summed E-state index contributed by atoms with van der Waals surface area (Å²) in [5, 5.41) is 13.6. The Labute approximate surface area is 174 Å². The highest BCUT2D eigenvalue weighted by atomic mass is 35.5.